The molecule has 0 unspecified atom stereocenters. The van der Waals surface area contributed by atoms with E-state index in [2.05, 4.69) is 6.07 Å². The molecule has 120 heavy (non-hydrogen) atoms. The zero-order valence-electron chi connectivity index (χ0n) is 62.9. The van der Waals surface area contributed by atoms with Crippen LogP contribution in [0.15, 0.2) is 346 Å². The van der Waals surface area contributed by atoms with E-state index in [4.69, 9.17) is 59.8 Å². The summed E-state index contributed by atoms with van der Waals surface area (Å²) in [4.78, 5) is 60.8. The molecule has 0 atom stereocenters. The number of hydrogen-bond donors (Lipinski definition) is 0. The Balaban J connectivity index is 0.863. The summed E-state index contributed by atoms with van der Waals surface area (Å²) in [6, 6.07) is 105. The number of benzene rings is 14. The van der Waals surface area contributed by atoms with Crippen molar-refractivity contribution in [2.45, 2.75) is 12.4 Å². The minimum absolute atomic E-state index is 0.0268. The number of aromatic nitrogens is 14. The van der Waals surface area contributed by atoms with Gasteiger partial charge in [0.1, 0.15) is 6.07 Å². The lowest BCUT2D eigenvalue weighted by atomic mass is 9.95. The topological polar surface area (TPSA) is 188 Å². The Morgan fingerprint density at radius 1 is 0.208 bits per heavy atom. The zero-order valence-corrected chi connectivity index (χ0v) is 62.9. The molecule has 0 fully saturated rings. The van der Waals surface area contributed by atoms with E-state index in [1.807, 2.05) is 291 Å². The van der Waals surface area contributed by atoms with Crippen molar-refractivity contribution in [3.05, 3.63) is 362 Å². The van der Waals surface area contributed by atoms with E-state index in [1.54, 1.807) is 33.4 Å². The van der Waals surface area contributed by atoms with Crippen molar-refractivity contribution in [3.8, 4) is 165 Å². The minimum atomic E-state index is -5.29. The van der Waals surface area contributed by atoms with Crippen molar-refractivity contribution in [2.24, 2.45) is 0 Å². The second-order valence-electron chi connectivity index (χ2n) is 28.5. The highest BCUT2D eigenvalue weighted by atomic mass is 19.4. The molecule has 20 aromatic rings. The molecule has 6 heterocycles. The standard InChI is InChI=1S/C99H57F6N15/c100-98(101,102)73-49-71(50-74(56-73)99(103,104)105)75-57-84(119-80-45-41-67(94-111-86(59-25-9-1-10-26-59)107-87(112-94)60-27-11-2-12-28-60)51-76(80)77-52-68(42-46-81(77)119)95-113-88(61-29-13-3-14-30-61)108-89(114-95)62-31-15-4-16-32-62)72(58-106)55-85(75)120-82-47-43-69(96-115-90(63-33-17-5-18-34-63)109-91(116-96)64-35-19-6-20-36-64)53-78(82)79-54-70(44-48-83(79)120)97-117-92(65-37-21-7-22-38-65)110-93(118-97)66-39-23-8-24-40-66/h1-57H. The van der Waals surface area contributed by atoms with E-state index in [0.717, 1.165) is 44.5 Å². The van der Waals surface area contributed by atoms with Crippen LogP contribution in [0.5, 0.6) is 0 Å². The molecule has 0 radical (unpaired) electrons. The Hall–Kier alpha value is -16.2. The molecule has 0 saturated heterocycles. The molecule has 0 N–H and O–H groups in total. The van der Waals surface area contributed by atoms with E-state index in [0.29, 0.717) is 136 Å². The molecule has 0 aliphatic carbocycles. The van der Waals surface area contributed by atoms with E-state index >= 15 is 26.3 Å². The van der Waals surface area contributed by atoms with E-state index in [1.165, 1.54) is 12.1 Å². The molecule has 0 aliphatic rings. The lowest BCUT2D eigenvalue weighted by Crippen LogP contribution is -2.11. The third kappa shape index (κ3) is 13.8. The van der Waals surface area contributed by atoms with Crippen LogP contribution in [0, 0.1) is 11.3 Å². The first-order valence-corrected chi connectivity index (χ1v) is 38.2. The Kier molecular flexibility index (Phi) is 18.1. The summed E-state index contributed by atoms with van der Waals surface area (Å²) in [6.45, 7) is 0. The predicted molar refractivity (Wildman–Crippen MR) is 454 cm³/mol. The van der Waals surface area contributed by atoms with Gasteiger partial charge in [-0.2, -0.15) is 31.6 Å². The maximum atomic E-state index is 15.7. The second kappa shape index (κ2) is 29.9. The third-order valence-corrected chi connectivity index (χ3v) is 21.0. The van der Waals surface area contributed by atoms with Crippen molar-refractivity contribution in [1.82, 2.24) is 68.9 Å². The number of nitrogens with zero attached hydrogens (tertiary/aromatic N) is 15. The first-order chi connectivity index (χ1) is 58.6. The van der Waals surface area contributed by atoms with Crippen LogP contribution < -0.4 is 0 Å². The van der Waals surface area contributed by atoms with E-state index < -0.39 is 29.0 Å². The first kappa shape index (κ1) is 72.7. The SMILES string of the molecule is N#Cc1cc(-n2c3ccc(-c4nc(-c5ccccc5)nc(-c5ccccc5)n4)cc3c3cc(-c4nc(-c5ccccc5)nc(-c5ccccc5)n4)ccc32)c(-c2cc(C(F)(F)F)cc(C(F)(F)F)c2)cc1-n1c2ccc(-c3nc(-c4ccccc4)nc(-c4ccccc4)n3)cc2c2cc(-c3nc(-c4ccccc4)nc(-c4ccccc4)n3)ccc21. The molecule has 21 heteroatoms. The van der Waals surface area contributed by atoms with Gasteiger partial charge in [0, 0.05) is 93.9 Å². The Bertz CT molecular complexity index is 6790. The second-order valence-corrected chi connectivity index (χ2v) is 28.5. The van der Waals surface area contributed by atoms with Gasteiger partial charge in [-0.25, -0.2) is 59.8 Å². The lowest BCUT2D eigenvalue weighted by Gasteiger charge is -2.21. The molecule has 20 rings (SSSR count). The maximum Gasteiger partial charge on any atom is 0.416 e. The van der Waals surface area contributed by atoms with Crippen LogP contribution in [-0.4, -0.2) is 68.9 Å². The third-order valence-electron chi connectivity index (χ3n) is 21.0. The molecule has 0 aliphatic heterocycles. The fourth-order valence-corrected chi connectivity index (χ4v) is 15.3. The van der Waals surface area contributed by atoms with Gasteiger partial charge in [-0.05, 0) is 109 Å². The molecule has 0 spiro atoms. The average Bonchev–Trinajstić information content (AvgIpc) is 1.55. The molecular formula is C99H57F6N15. The summed E-state index contributed by atoms with van der Waals surface area (Å²) in [5.41, 5.74) is 6.11. The number of alkyl halides is 6. The summed E-state index contributed by atoms with van der Waals surface area (Å²) in [6.07, 6.45) is -10.6. The predicted octanol–water partition coefficient (Wildman–Crippen LogP) is 24.2. The largest absolute Gasteiger partial charge is 0.416 e. The number of halogens is 6. The van der Waals surface area contributed by atoms with Crippen LogP contribution in [0.3, 0.4) is 0 Å². The number of fused-ring (bicyclic) bond motifs is 6. The highest BCUT2D eigenvalue weighted by Crippen LogP contribution is 2.47. The molecule has 0 amide bonds. The van der Waals surface area contributed by atoms with Crippen LogP contribution in [-0.2, 0) is 12.4 Å². The van der Waals surface area contributed by atoms with E-state index in [-0.39, 0.29) is 40.2 Å². The number of hydrogen-bond acceptors (Lipinski definition) is 13. The van der Waals surface area contributed by atoms with Gasteiger partial charge >= 0.3 is 12.4 Å². The van der Waals surface area contributed by atoms with Crippen LogP contribution in [0.1, 0.15) is 16.7 Å². The molecule has 0 saturated carbocycles. The first-order valence-electron chi connectivity index (χ1n) is 38.2. The highest BCUT2D eigenvalue weighted by molar-refractivity contribution is 6.14. The highest BCUT2D eigenvalue weighted by Gasteiger charge is 2.38. The van der Waals surface area contributed by atoms with Gasteiger partial charge in [-0.3, -0.25) is 0 Å². The van der Waals surface area contributed by atoms with Gasteiger partial charge in [0.25, 0.3) is 0 Å². The average molecular weight is 1570 g/mol. The van der Waals surface area contributed by atoms with Crippen LogP contribution in [0.4, 0.5) is 26.3 Å². The smallest absolute Gasteiger partial charge is 0.309 e. The Labute approximate surface area is 680 Å². The molecule has 0 bridgehead atoms. The molecule has 6 aromatic heterocycles. The minimum Gasteiger partial charge on any atom is -0.309 e. The van der Waals surface area contributed by atoms with Crippen molar-refractivity contribution in [2.75, 3.05) is 0 Å². The van der Waals surface area contributed by atoms with Crippen molar-refractivity contribution in [1.29, 1.82) is 5.26 Å². The molecule has 14 aromatic carbocycles. The normalized spacial score (nSPS) is 11.7. The summed E-state index contributed by atoms with van der Waals surface area (Å²) in [5, 5.41) is 14.3. The number of nitriles is 1. The van der Waals surface area contributed by atoms with Gasteiger partial charge in [0.05, 0.1) is 50.1 Å². The summed E-state index contributed by atoms with van der Waals surface area (Å²) in [5.74, 6) is 4.32. The molecule has 15 nitrogen and oxygen atoms in total. The monoisotopic (exact) mass is 1570 g/mol. The van der Waals surface area contributed by atoms with Gasteiger partial charge < -0.3 is 9.13 Å². The molecule has 570 valence electrons. The summed E-state index contributed by atoms with van der Waals surface area (Å²) in [7, 11) is 0. The summed E-state index contributed by atoms with van der Waals surface area (Å²) < 4.78 is 97.9. The van der Waals surface area contributed by atoms with Gasteiger partial charge in [0.2, 0.25) is 0 Å². The van der Waals surface area contributed by atoms with Crippen molar-refractivity contribution >= 4 is 43.6 Å². The maximum absolute atomic E-state index is 15.7. The Morgan fingerprint density at radius 2 is 0.417 bits per heavy atom. The van der Waals surface area contributed by atoms with Crippen LogP contribution >= 0.6 is 0 Å². The summed E-state index contributed by atoms with van der Waals surface area (Å²) >= 11 is 0. The van der Waals surface area contributed by atoms with Crippen molar-refractivity contribution < 1.29 is 26.3 Å². The van der Waals surface area contributed by atoms with Crippen LogP contribution in [0.2, 0.25) is 0 Å². The van der Waals surface area contributed by atoms with Crippen molar-refractivity contribution in [3.63, 3.8) is 0 Å². The Morgan fingerprint density at radius 3 is 0.625 bits per heavy atom. The van der Waals surface area contributed by atoms with E-state index in [9.17, 15) is 5.26 Å². The quantitative estimate of drug-likeness (QED) is 0.0883. The van der Waals surface area contributed by atoms with Gasteiger partial charge in [0.15, 0.2) is 69.9 Å². The fourth-order valence-electron chi connectivity index (χ4n) is 15.3. The lowest BCUT2D eigenvalue weighted by molar-refractivity contribution is -0.143. The zero-order chi connectivity index (χ0) is 81.2. The van der Waals surface area contributed by atoms with Gasteiger partial charge in [-0.15, -0.1) is 0 Å². The van der Waals surface area contributed by atoms with Crippen LogP contribution in [0.25, 0.3) is 203 Å². The fraction of sp³-hybridized carbons (Fsp3) is 0.0202. The number of rotatable bonds is 15. The van der Waals surface area contributed by atoms with Gasteiger partial charge in [-0.1, -0.05) is 243 Å². The molecular weight excluding hydrogens is 1510 g/mol.